The first-order valence-electron chi connectivity index (χ1n) is 7.85. The molecule has 2 aromatic carbocycles. The van der Waals surface area contributed by atoms with Crippen molar-refractivity contribution in [2.75, 3.05) is 0 Å². The molecule has 0 heterocycles. The average molecular weight is 426 g/mol. The molecule has 132 valence electrons. The van der Waals surface area contributed by atoms with Crippen LogP contribution in [0.15, 0.2) is 53.0 Å². The zero-order chi connectivity index (χ0) is 18.2. The molecule has 1 unspecified atom stereocenters. The fourth-order valence-corrected chi connectivity index (χ4v) is 4.24. The lowest BCUT2D eigenvalue weighted by Gasteiger charge is -2.15. The van der Waals surface area contributed by atoms with E-state index in [1.807, 2.05) is 24.3 Å². The highest BCUT2D eigenvalue weighted by atomic mass is 79.9. The molecular formula is C18H17BrFNO3S. The molecule has 0 radical (unpaired) electrons. The summed E-state index contributed by atoms with van der Waals surface area (Å²) in [6, 6.07) is 13.3. The van der Waals surface area contributed by atoms with Crippen molar-refractivity contribution in [3.8, 4) is 0 Å². The molecule has 7 heteroatoms. The van der Waals surface area contributed by atoms with Crippen molar-refractivity contribution in [3.63, 3.8) is 0 Å². The van der Waals surface area contributed by atoms with Crippen LogP contribution in [0.2, 0.25) is 0 Å². The smallest absolute Gasteiger partial charge is 0.241 e. The van der Waals surface area contributed by atoms with Gasteiger partial charge in [0.1, 0.15) is 11.1 Å². The molecule has 0 aromatic heterocycles. The molecule has 0 bridgehead atoms. The number of benzene rings is 2. The summed E-state index contributed by atoms with van der Waals surface area (Å²) >= 11 is 3.35. The van der Waals surface area contributed by atoms with Gasteiger partial charge < -0.3 is 0 Å². The van der Waals surface area contributed by atoms with E-state index < -0.39 is 27.0 Å². The SMILES string of the molecule is CC(c1ccccc1F)S(=O)(=O)NC(=O)[C@@H]1C[C@H]1c1ccc(Br)cc1. The standard InChI is InChI=1S/C18H17BrFNO3S/c1-11(14-4-2-3-5-17(14)20)25(23,24)21-18(22)16-10-15(16)12-6-8-13(19)9-7-12/h2-9,11,15-16H,10H2,1H3,(H,21,22)/t11?,15-,16+/m0/s1. The van der Waals surface area contributed by atoms with Crippen LogP contribution in [0.3, 0.4) is 0 Å². The zero-order valence-electron chi connectivity index (χ0n) is 13.4. The van der Waals surface area contributed by atoms with Gasteiger partial charge in [0.2, 0.25) is 15.9 Å². The van der Waals surface area contributed by atoms with Gasteiger partial charge in [-0.2, -0.15) is 0 Å². The predicted octanol–water partition coefficient (Wildman–Crippen LogP) is 3.90. The maximum atomic E-state index is 13.8. The van der Waals surface area contributed by atoms with Crippen molar-refractivity contribution < 1.29 is 17.6 Å². The van der Waals surface area contributed by atoms with Gasteiger partial charge in [-0.3, -0.25) is 9.52 Å². The second kappa shape index (κ2) is 6.88. The van der Waals surface area contributed by atoms with Crippen LogP contribution in [0, 0.1) is 11.7 Å². The zero-order valence-corrected chi connectivity index (χ0v) is 15.8. The largest absolute Gasteiger partial charge is 0.274 e. The van der Waals surface area contributed by atoms with Gasteiger partial charge in [0, 0.05) is 16.0 Å². The van der Waals surface area contributed by atoms with Gasteiger partial charge in [-0.15, -0.1) is 0 Å². The molecule has 2 aromatic rings. The van der Waals surface area contributed by atoms with Gasteiger partial charge in [0.15, 0.2) is 0 Å². The second-order valence-electron chi connectivity index (χ2n) is 6.18. The summed E-state index contributed by atoms with van der Waals surface area (Å²) in [5.41, 5.74) is 1.05. The molecule has 3 atom stereocenters. The molecule has 1 N–H and O–H groups in total. The highest BCUT2D eigenvalue weighted by molar-refractivity contribution is 9.10. The van der Waals surface area contributed by atoms with E-state index in [9.17, 15) is 17.6 Å². The lowest BCUT2D eigenvalue weighted by Crippen LogP contribution is -2.35. The summed E-state index contributed by atoms with van der Waals surface area (Å²) in [7, 11) is -4.00. The molecule has 0 saturated heterocycles. The van der Waals surface area contributed by atoms with E-state index in [-0.39, 0.29) is 17.4 Å². The number of carbonyl (C=O) groups is 1. The number of hydrogen-bond acceptors (Lipinski definition) is 3. The fraction of sp³-hybridized carbons (Fsp3) is 0.278. The van der Waals surface area contributed by atoms with Gasteiger partial charge >= 0.3 is 0 Å². The van der Waals surface area contributed by atoms with Crippen LogP contribution >= 0.6 is 15.9 Å². The minimum Gasteiger partial charge on any atom is -0.274 e. The number of nitrogens with one attached hydrogen (secondary N) is 1. The summed E-state index contributed by atoms with van der Waals surface area (Å²) in [6.45, 7) is 1.37. The van der Waals surface area contributed by atoms with E-state index in [0.29, 0.717) is 6.42 Å². The average Bonchev–Trinajstić information content (AvgIpc) is 3.36. The predicted molar refractivity (Wildman–Crippen MR) is 96.9 cm³/mol. The van der Waals surface area contributed by atoms with Crippen molar-refractivity contribution in [2.45, 2.75) is 24.5 Å². The third-order valence-electron chi connectivity index (χ3n) is 4.48. The molecule has 1 aliphatic carbocycles. The van der Waals surface area contributed by atoms with Gasteiger partial charge in [-0.05, 0) is 43.0 Å². The van der Waals surface area contributed by atoms with Crippen LogP contribution in [0.4, 0.5) is 4.39 Å². The van der Waals surface area contributed by atoms with Crippen LogP contribution in [0.5, 0.6) is 0 Å². The Bertz CT molecular complexity index is 899. The summed E-state index contributed by atoms with van der Waals surface area (Å²) in [6.07, 6.45) is 0.608. The number of amides is 1. The third kappa shape index (κ3) is 3.93. The van der Waals surface area contributed by atoms with E-state index in [4.69, 9.17) is 0 Å². The van der Waals surface area contributed by atoms with Gasteiger partial charge in [-0.1, -0.05) is 46.3 Å². The number of carbonyl (C=O) groups excluding carboxylic acids is 1. The summed E-state index contributed by atoms with van der Waals surface area (Å²) < 4.78 is 41.7. The van der Waals surface area contributed by atoms with E-state index >= 15 is 0 Å². The maximum absolute atomic E-state index is 13.8. The van der Waals surface area contributed by atoms with Crippen LogP contribution in [-0.2, 0) is 14.8 Å². The molecule has 25 heavy (non-hydrogen) atoms. The summed E-state index contributed by atoms with van der Waals surface area (Å²) in [4.78, 5) is 12.3. The van der Waals surface area contributed by atoms with Gasteiger partial charge in [0.25, 0.3) is 0 Å². The Morgan fingerprint density at radius 1 is 1.20 bits per heavy atom. The number of halogens is 2. The van der Waals surface area contributed by atoms with Crippen molar-refractivity contribution in [3.05, 3.63) is 69.9 Å². The molecule has 0 spiro atoms. The molecular weight excluding hydrogens is 409 g/mol. The van der Waals surface area contributed by atoms with Crippen LogP contribution in [0.1, 0.15) is 35.6 Å². The Kier molecular flexibility index (Phi) is 4.97. The Morgan fingerprint density at radius 3 is 2.48 bits per heavy atom. The molecule has 4 nitrogen and oxygen atoms in total. The van der Waals surface area contributed by atoms with Crippen molar-refractivity contribution in [2.24, 2.45) is 5.92 Å². The van der Waals surface area contributed by atoms with Gasteiger partial charge in [-0.25, -0.2) is 12.8 Å². The number of sulfonamides is 1. The Balaban J connectivity index is 1.68. The molecule has 0 aliphatic heterocycles. The van der Waals surface area contributed by atoms with E-state index in [1.165, 1.54) is 25.1 Å². The monoisotopic (exact) mass is 425 g/mol. The fourth-order valence-electron chi connectivity index (χ4n) is 2.84. The van der Waals surface area contributed by atoms with Crippen molar-refractivity contribution in [1.82, 2.24) is 4.72 Å². The first kappa shape index (κ1) is 18.1. The van der Waals surface area contributed by atoms with Gasteiger partial charge in [0.05, 0.1) is 0 Å². The van der Waals surface area contributed by atoms with Crippen LogP contribution < -0.4 is 4.72 Å². The Morgan fingerprint density at radius 2 is 1.84 bits per heavy atom. The van der Waals surface area contributed by atoms with Crippen LogP contribution in [-0.4, -0.2) is 14.3 Å². The van der Waals surface area contributed by atoms with E-state index in [2.05, 4.69) is 20.7 Å². The summed E-state index contributed by atoms with van der Waals surface area (Å²) in [5.74, 6) is -1.49. The quantitative estimate of drug-likeness (QED) is 0.789. The van der Waals surface area contributed by atoms with Crippen LogP contribution in [0.25, 0.3) is 0 Å². The third-order valence-corrected chi connectivity index (χ3v) is 6.68. The van der Waals surface area contributed by atoms with E-state index in [0.717, 1.165) is 10.0 Å². The summed E-state index contributed by atoms with van der Waals surface area (Å²) in [5, 5.41) is -1.15. The first-order valence-corrected chi connectivity index (χ1v) is 10.2. The minimum atomic E-state index is -4.00. The molecule has 1 fully saturated rings. The highest BCUT2D eigenvalue weighted by Gasteiger charge is 2.45. The number of hydrogen-bond donors (Lipinski definition) is 1. The first-order chi connectivity index (χ1) is 11.8. The van der Waals surface area contributed by atoms with Crippen molar-refractivity contribution in [1.29, 1.82) is 0 Å². The normalized spacial score (nSPS) is 20.8. The minimum absolute atomic E-state index is 0.0204. The molecule has 3 rings (SSSR count). The van der Waals surface area contributed by atoms with E-state index in [1.54, 1.807) is 6.07 Å². The Hall–Kier alpha value is -1.73. The van der Waals surface area contributed by atoms with Crippen molar-refractivity contribution >= 4 is 31.9 Å². The lowest BCUT2D eigenvalue weighted by molar-refractivity contribution is -0.120. The molecule has 1 saturated carbocycles. The molecule has 1 amide bonds. The second-order valence-corrected chi connectivity index (χ2v) is 9.09. The number of rotatable bonds is 5. The maximum Gasteiger partial charge on any atom is 0.241 e. The Labute approximate surface area is 154 Å². The molecule has 1 aliphatic rings. The highest BCUT2D eigenvalue weighted by Crippen LogP contribution is 2.47. The topological polar surface area (TPSA) is 63.2 Å². The lowest BCUT2D eigenvalue weighted by atomic mass is 10.1.